The first-order valence-electron chi connectivity index (χ1n) is 14.0. The number of halogens is 1. The van der Waals surface area contributed by atoms with Crippen LogP contribution in [0.15, 0.2) is 35.6 Å². The summed E-state index contributed by atoms with van der Waals surface area (Å²) >= 11 is 3.35. The van der Waals surface area contributed by atoms with Gasteiger partial charge in [0.2, 0.25) is 21.8 Å². The summed E-state index contributed by atoms with van der Waals surface area (Å²) in [4.78, 5) is 58.7. The van der Waals surface area contributed by atoms with E-state index in [1.54, 1.807) is 39.2 Å². The number of rotatable bonds is 11. The van der Waals surface area contributed by atoms with E-state index in [-0.39, 0.29) is 31.9 Å². The SMILES string of the molecule is C=C[C@H]1C[C@]1(NC(=O)[C@@H]1C[C@@H](COc2cncc(Br)c2)CN1C(=O)[C@@H](NC(=O)OC)C(C)(C)C)C(=O)NS(=O)(=O)C1CC1. The van der Waals surface area contributed by atoms with Gasteiger partial charge in [-0.05, 0) is 53.1 Å². The van der Waals surface area contributed by atoms with Crippen molar-refractivity contribution >= 4 is 49.8 Å². The minimum absolute atomic E-state index is 0.133. The second-order valence-electron chi connectivity index (χ2n) is 12.4. The number of carbonyl (C=O) groups excluding carboxylic acids is 4. The number of aromatic nitrogens is 1. The molecule has 3 aliphatic rings. The van der Waals surface area contributed by atoms with Gasteiger partial charge in [-0.1, -0.05) is 26.8 Å². The quantitative estimate of drug-likeness (QED) is 0.294. The lowest BCUT2D eigenvalue weighted by Gasteiger charge is -2.35. The van der Waals surface area contributed by atoms with Crippen LogP contribution in [0.25, 0.3) is 0 Å². The second kappa shape index (κ2) is 12.4. The van der Waals surface area contributed by atoms with Crippen LogP contribution < -0.4 is 20.1 Å². The third-order valence-electron chi connectivity index (χ3n) is 7.95. The number of sulfonamides is 1. The van der Waals surface area contributed by atoms with Crippen molar-refractivity contribution in [1.29, 1.82) is 0 Å². The van der Waals surface area contributed by atoms with Gasteiger partial charge in [-0.2, -0.15) is 0 Å². The monoisotopic (exact) mass is 683 g/mol. The highest BCUT2D eigenvalue weighted by Crippen LogP contribution is 2.45. The Kier molecular flexibility index (Phi) is 9.45. The molecule has 0 bridgehead atoms. The van der Waals surface area contributed by atoms with Crippen LogP contribution in [0.4, 0.5) is 4.79 Å². The lowest BCUT2D eigenvalue weighted by molar-refractivity contribution is -0.142. The van der Waals surface area contributed by atoms with Crippen molar-refractivity contribution in [3.05, 3.63) is 35.6 Å². The molecule has 43 heavy (non-hydrogen) atoms. The lowest BCUT2D eigenvalue weighted by Crippen LogP contribution is -2.60. The Bertz CT molecular complexity index is 1400. The van der Waals surface area contributed by atoms with E-state index in [0.717, 1.165) is 4.47 Å². The zero-order valence-corrected chi connectivity index (χ0v) is 27.0. The van der Waals surface area contributed by atoms with Crippen LogP contribution in [0.2, 0.25) is 0 Å². The number of nitrogens with one attached hydrogen (secondary N) is 3. The molecule has 1 saturated heterocycles. The first kappa shape index (κ1) is 32.7. The maximum Gasteiger partial charge on any atom is 0.407 e. The summed E-state index contributed by atoms with van der Waals surface area (Å²) < 4.78 is 38.5. The number of likely N-dealkylation sites (tertiary alicyclic amines) is 1. The van der Waals surface area contributed by atoms with Gasteiger partial charge in [-0.3, -0.25) is 24.1 Å². The number of amides is 4. The van der Waals surface area contributed by atoms with Crippen molar-refractivity contribution < 1.29 is 37.1 Å². The third kappa shape index (κ3) is 7.48. The zero-order chi connectivity index (χ0) is 31.7. The molecular weight excluding hydrogens is 646 g/mol. The minimum atomic E-state index is -3.85. The van der Waals surface area contributed by atoms with E-state index in [2.05, 4.69) is 42.8 Å². The van der Waals surface area contributed by atoms with Gasteiger partial charge < -0.3 is 25.0 Å². The standard InChI is InChI=1S/C28H38BrN5O8S/c1-6-17-11-28(17,25(37)33-43(39,40)20-7-8-20)32-23(35)21-9-16(15-42-19-10-18(29)12-30-13-19)14-34(21)24(36)22(27(2,3)4)31-26(38)41-5/h6,10,12-13,16-17,20-22H,1,7-9,11,14-15H2,2-5H3,(H,31,38)(H,32,35)(H,33,37)/t16-,17+,21+,22-,28-/m1/s1. The first-order valence-corrected chi connectivity index (χ1v) is 16.3. The minimum Gasteiger partial charge on any atom is -0.492 e. The predicted octanol–water partition coefficient (Wildman–Crippen LogP) is 1.88. The fourth-order valence-electron chi connectivity index (χ4n) is 5.23. The Labute approximate surface area is 259 Å². The molecule has 4 amide bonds. The van der Waals surface area contributed by atoms with E-state index >= 15 is 0 Å². The molecule has 0 unspecified atom stereocenters. The summed E-state index contributed by atoms with van der Waals surface area (Å²) in [6.07, 6.45) is 5.18. The van der Waals surface area contributed by atoms with E-state index in [0.29, 0.717) is 18.6 Å². The van der Waals surface area contributed by atoms with E-state index in [4.69, 9.17) is 9.47 Å². The molecule has 1 aromatic heterocycles. The molecule has 5 atom stereocenters. The largest absolute Gasteiger partial charge is 0.492 e. The van der Waals surface area contributed by atoms with Crippen LogP contribution in [0, 0.1) is 17.3 Å². The van der Waals surface area contributed by atoms with Crippen molar-refractivity contribution in [2.24, 2.45) is 17.3 Å². The van der Waals surface area contributed by atoms with Crippen LogP contribution in [0.3, 0.4) is 0 Å². The van der Waals surface area contributed by atoms with Gasteiger partial charge in [0.15, 0.2) is 0 Å². The molecule has 0 aromatic carbocycles. The van der Waals surface area contributed by atoms with Crippen molar-refractivity contribution in [2.75, 3.05) is 20.3 Å². The van der Waals surface area contributed by atoms with Crippen molar-refractivity contribution in [3.8, 4) is 5.75 Å². The van der Waals surface area contributed by atoms with Crippen LogP contribution in [0.1, 0.15) is 46.5 Å². The summed E-state index contributed by atoms with van der Waals surface area (Å²) in [5, 5.41) is 4.73. The molecule has 2 heterocycles. The third-order valence-corrected chi connectivity index (χ3v) is 10.2. The Hall–Kier alpha value is -3.20. The van der Waals surface area contributed by atoms with Gasteiger partial charge in [-0.25, -0.2) is 13.2 Å². The maximum atomic E-state index is 14.0. The molecule has 2 saturated carbocycles. The number of carbonyl (C=O) groups is 4. The fraction of sp³-hybridized carbons (Fsp3) is 0.607. The number of ether oxygens (including phenoxy) is 2. The highest BCUT2D eigenvalue weighted by atomic mass is 79.9. The van der Waals surface area contributed by atoms with Crippen LogP contribution >= 0.6 is 15.9 Å². The smallest absolute Gasteiger partial charge is 0.407 e. The molecule has 0 radical (unpaired) electrons. The highest BCUT2D eigenvalue weighted by molar-refractivity contribution is 9.10. The summed E-state index contributed by atoms with van der Waals surface area (Å²) in [7, 11) is -2.66. The number of methoxy groups -OCH3 is 1. The normalized spacial score (nSPS) is 25.7. The van der Waals surface area contributed by atoms with Crippen LogP contribution in [-0.2, 0) is 29.1 Å². The molecule has 2 aliphatic carbocycles. The molecule has 1 aromatic rings. The number of hydrogen-bond donors (Lipinski definition) is 3. The van der Waals surface area contributed by atoms with E-state index in [9.17, 15) is 27.6 Å². The molecular formula is C28H38BrN5O8S. The molecule has 4 rings (SSSR count). The van der Waals surface area contributed by atoms with E-state index < -0.39 is 68.0 Å². The van der Waals surface area contributed by atoms with Gasteiger partial charge in [-0.15, -0.1) is 6.58 Å². The van der Waals surface area contributed by atoms with Gasteiger partial charge in [0.25, 0.3) is 5.91 Å². The summed E-state index contributed by atoms with van der Waals surface area (Å²) in [5.74, 6) is -2.21. The molecule has 3 fully saturated rings. The second-order valence-corrected chi connectivity index (χ2v) is 15.3. The number of nitrogens with zero attached hydrogens (tertiary/aromatic N) is 2. The number of alkyl carbamates (subject to hydrolysis) is 1. The Morgan fingerprint density at radius 1 is 1.26 bits per heavy atom. The summed E-state index contributed by atoms with van der Waals surface area (Å²) in [5.41, 5.74) is -2.24. The van der Waals surface area contributed by atoms with E-state index in [1.165, 1.54) is 18.1 Å². The van der Waals surface area contributed by atoms with Crippen LogP contribution in [0.5, 0.6) is 5.75 Å². The molecule has 236 valence electrons. The average Bonchev–Trinajstić information content (AvgIpc) is 3.86. The molecule has 3 N–H and O–H groups in total. The fourth-order valence-corrected chi connectivity index (χ4v) is 6.94. The van der Waals surface area contributed by atoms with Crippen molar-refractivity contribution in [3.63, 3.8) is 0 Å². The first-order chi connectivity index (χ1) is 20.1. The Morgan fingerprint density at radius 2 is 1.95 bits per heavy atom. The average molecular weight is 685 g/mol. The van der Waals surface area contributed by atoms with Crippen LogP contribution in [-0.4, -0.2) is 85.3 Å². The van der Waals surface area contributed by atoms with Gasteiger partial charge in [0.1, 0.15) is 23.4 Å². The topological polar surface area (TPSA) is 173 Å². The highest BCUT2D eigenvalue weighted by Gasteiger charge is 2.62. The van der Waals surface area contributed by atoms with E-state index in [1.807, 2.05) is 0 Å². The lowest BCUT2D eigenvalue weighted by atomic mass is 9.85. The molecule has 15 heteroatoms. The van der Waals surface area contributed by atoms with Gasteiger partial charge in [0.05, 0.1) is 25.2 Å². The number of hydrogen-bond acceptors (Lipinski definition) is 9. The maximum absolute atomic E-state index is 14.0. The summed E-state index contributed by atoms with van der Waals surface area (Å²) in [6, 6.07) is -0.320. The number of pyridine rings is 1. The van der Waals surface area contributed by atoms with Crippen molar-refractivity contribution in [2.45, 2.75) is 69.3 Å². The van der Waals surface area contributed by atoms with Crippen molar-refractivity contribution in [1.82, 2.24) is 25.2 Å². The predicted molar refractivity (Wildman–Crippen MR) is 159 cm³/mol. The summed E-state index contributed by atoms with van der Waals surface area (Å²) in [6.45, 7) is 9.35. The zero-order valence-electron chi connectivity index (χ0n) is 24.6. The Balaban J connectivity index is 1.57. The molecule has 13 nitrogen and oxygen atoms in total. The van der Waals surface area contributed by atoms with Gasteiger partial charge >= 0.3 is 6.09 Å². The molecule has 1 aliphatic heterocycles. The Morgan fingerprint density at radius 3 is 2.51 bits per heavy atom. The molecule has 0 spiro atoms. The van der Waals surface area contributed by atoms with Gasteiger partial charge in [0, 0.05) is 29.1 Å².